The number of nitrogens with zero attached hydrogens (tertiary/aromatic N) is 2. The normalized spacial score (nSPS) is 14.6. The van der Waals surface area contributed by atoms with Crippen LogP contribution in [-0.2, 0) is 19.4 Å². The number of imidazole rings is 1. The molecule has 18 heavy (non-hydrogen) atoms. The van der Waals surface area contributed by atoms with Crippen LogP contribution in [0.1, 0.15) is 35.4 Å². The molecule has 0 atom stereocenters. The summed E-state index contributed by atoms with van der Waals surface area (Å²) in [6, 6.07) is 6.44. The second kappa shape index (κ2) is 4.58. The quantitative estimate of drug-likeness (QED) is 0.878. The zero-order valence-corrected chi connectivity index (χ0v) is 10.8. The molecule has 3 nitrogen and oxygen atoms in total. The third-order valence-electron chi connectivity index (χ3n) is 3.79. The third-order valence-corrected chi connectivity index (χ3v) is 3.79. The largest absolute Gasteiger partial charge is 0.326 e. The van der Waals surface area contributed by atoms with Crippen LogP contribution in [0.5, 0.6) is 0 Å². The first-order valence-electron chi connectivity index (χ1n) is 6.64. The SMILES string of the molecule is Cc1cc(CN)ccc1-n1cnc2c1CCCC2. The van der Waals surface area contributed by atoms with Crippen molar-refractivity contribution in [3.8, 4) is 5.69 Å². The molecular weight excluding hydrogens is 222 g/mol. The first kappa shape index (κ1) is 11.5. The number of aromatic nitrogens is 2. The van der Waals surface area contributed by atoms with Crippen molar-refractivity contribution in [1.29, 1.82) is 0 Å². The van der Waals surface area contributed by atoms with Gasteiger partial charge in [-0.3, -0.25) is 0 Å². The zero-order valence-electron chi connectivity index (χ0n) is 10.8. The minimum Gasteiger partial charge on any atom is -0.326 e. The highest BCUT2D eigenvalue weighted by Gasteiger charge is 2.16. The second-order valence-corrected chi connectivity index (χ2v) is 5.04. The molecule has 0 radical (unpaired) electrons. The Labute approximate surface area is 108 Å². The lowest BCUT2D eigenvalue weighted by Crippen LogP contribution is -2.08. The van der Waals surface area contributed by atoms with Crippen LogP contribution in [0.3, 0.4) is 0 Å². The van der Waals surface area contributed by atoms with Gasteiger partial charge in [-0.15, -0.1) is 0 Å². The Hall–Kier alpha value is -1.61. The summed E-state index contributed by atoms with van der Waals surface area (Å²) in [4.78, 5) is 4.56. The van der Waals surface area contributed by atoms with Gasteiger partial charge in [0.25, 0.3) is 0 Å². The van der Waals surface area contributed by atoms with Crippen LogP contribution in [0, 0.1) is 6.92 Å². The monoisotopic (exact) mass is 241 g/mol. The number of hydrogen-bond acceptors (Lipinski definition) is 2. The average molecular weight is 241 g/mol. The fraction of sp³-hybridized carbons (Fsp3) is 0.400. The number of rotatable bonds is 2. The standard InChI is InChI=1S/C15H19N3/c1-11-8-12(9-16)6-7-14(11)18-10-17-13-4-2-3-5-15(13)18/h6-8,10H,2-5,9,16H2,1H3. The van der Waals surface area contributed by atoms with E-state index in [-0.39, 0.29) is 0 Å². The Kier molecular flexibility index (Phi) is 2.92. The maximum Gasteiger partial charge on any atom is 0.0997 e. The molecule has 0 fully saturated rings. The van der Waals surface area contributed by atoms with Crippen LogP contribution in [0.2, 0.25) is 0 Å². The predicted octanol–water partition coefficient (Wildman–Crippen LogP) is 2.52. The summed E-state index contributed by atoms with van der Waals surface area (Å²) < 4.78 is 2.25. The van der Waals surface area contributed by atoms with Gasteiger partial charge < -0.3 is 10.3 Å². The fourth-order valence-electron chi connectivity index (χ4n) is 2.79. The van der Waals surface area contributed by atoms with Crippen molar-refractivity contribution in [2.24, 2.45) is 5.73 Å². The van der Waals surface area contributed by atoms with Crippen molar-refractivity contribution in [2.75, 3.05) is 0 Å². The number of aryl methyl sites for hydroxylation is 2. The highest BCUT2D eigenvalue weighted by molar-refractivity contribution is 5.45. The number of nitrogens with two attached hydrogens (primary N) is 1. The van der Waals surface area contributed by atoms with E-state index in [4.69, 9.17) is 5.73 Å². The van der Waals surface area contributed by atoms with Gasteiger partial charge in [0.15, 0.2) is 0 Å². The van der Waals surface area contributed by atoms with Gasteiger partial charge in [0, 0.05) is 17.9 Å². The number of benzene rings is 1. The summed E-state index contributed by atoms with van der Waals surface area (Å²) in [5, 5.41) is 0. The minimum absolute atomic E-state index is 0.600. The highest BCUT2D eigenvalue weighted by atomic mass is 15.1. The summed E-state index contributed by atoms with van der Waals surface area (Å²) >= 11 is 0. The van der Waals surface area contributed by atoms with Crippen LogP contribution in [0.4, 0.5) is 0 Å². The molecule has 0 unspecified atom stereocenters. The van der Waals surface area contributed by atoms with E-state index in [2.05, 4.69) is 34.7 Å². The van der Waals surface area contributed by atoms with Gasteiger partial charge in [0.2, 0.25) is 0 Å². The van der Waals surface area contributed by atoms with E-state index in [0.29, 0.717) is 6.54 Å². The van der Waals surface area contributed by atoms with Crippen molar-refractivity contribution in [3.63, 3.8) is 0 Å². The maximum absolute atomic E-state index is 5.68. The molecule has 2 N–H and O–H groups in total. The van der Waals surface area contributed by atoms with Crippen LogP contribution in [0.25, 0.3) is 5.69 Å². The molecule has 0 bridgehead atoms. The molecule has 1 heterocycles. The van der Waals surface area contributed by atoms with Crippen molar-refractivity contribution in [1.82, 2.24) is 9.55 Å². The molecule has 3 heteroatoms. The van der Waals surface area contributed by atoms with Gasteiger partial charge in [0.05, 0.1) is 12.0 Å². The van der Waals surface area contributed by atoms with Crippen LogP contribution in [-0.4, -0.2) is 9.55 Å². The lowest BCUT2D eigenvalue weighted by molar-refractivity contribution is 0.655. The van der Waals surface area contributed by atoms with Crippen molar-refractivity contribution in [2.45, 2.75) is 39.2 Å². The minimum atomic E-state index is 0.600. The van der Waals surface area contributed by atoms with E-state index in [0.717, 1.165) is 12.8 Å². The van der Waals surface area contributed by atoms with Crippen LogP contribution in [0.15, 0.2) is 24.5 Å². The molecule has 2 aromatic rings. The highest BCUT2D eigenvalue weighted by Crippen LogP contribution is 2.25. The van der Waals surface area contributed by atoms with Crippen LogP contribution >= 0.6 is 0 Å². The fourth-order valence-corrected chi connectivity index (χ4v) is 2.79. The van der Waals surface area contributed by atoms with E-state index in [1.54, 1.807) is 0 Å². The molecule has 1 aromatic heterocycles. The molecule has 94 valence electrons. The van der Waals surface area contributed by atoms with E-state index in [1.165, 1.54) is 41.0 Å². The second-order valence-electron chi connectivity index (χ2n) is 5.04. The molecule has 0 aliphatic heterocycles. The summed E-state index contributed by atoms with van der Waals surface area (Å²) in [7, 11) is 0. The van der Waals surface area contributed by atoms with Crippen molar-refractivity contribution >= 4 is 0 Å². The van der Waals surface area contributed by atoms with Crippen molar-refractivity contribution in [3.05, 3.63) is 47.0 Å². The summed E-state index contributed by atoms with van der Waals surface area (Å²) in [5.41, 5.74) is 12.0. The Morgan fingerprint density at radius 2 is 2.11 bits per heavy atom. The Balaban J connectivity index is 2.07. The molecule has 1 aliphatic carbocycles. The lowest BCUT2D eigenvalue weighted by Gasteiger charge is -2.16. The van der Waals surface area contributed by atoms with Gasteiger partial charge in [-0.05, 0) is 49.8 Å². The molecule has 0 saturated carbocycles. The Morgan fingerprint density at radius 1 is 1.28 bits per heavy atom. The van der Waals surface area contributed by atoms with E-state index >= 15 is 0 Å². The van der Waals surface area contributed by atoms with Gasteiger partial charge in [-0.2, -0.15) is 0 Å². The van der Waals surface area contributed by atoms with Gasteiger partial charge in [-0.25, -0.2) is 4.98 Å². The van der Waals surface area contributed by atoms with E-state index < -0.39 is 0 Å². The van der Waals surface area contributed by atoms with E-state index in [9.17, 15) is 0 Å². The third kappa shape index (κ3) is 1.85. The molecule has 0 saturated heterocycles. The Bertz CT molecular complexity index is 569. The average Bonchev–Trinajstić information content (AvgIpc) is 2.82. The van der Waals surface area contributed by atoms with Gasteiger partial charge in [0.1, 0.15) is 0 Å². The Morgan fingerprint density at radius 3 is 2.89 bits per heavy atom. The first-order chi connectivity index (χ1) is 8.79. The lowest BCUT2D eigenvalue weighted by atomic mass is 10.0. The first-order valence-corrected chi connectivity index (χ1v) is 6.64. The van der Waals surface area contributed by atoms with E-state index in [1.807, 2.05) is 6.33 Å². The van der Waals surface area contributed by atoms with Gasteiger partial charge >= 0.3 is 0 Å². The number of hydrogen-bond donors (Lipinski definition) is 1. The molecule has 1 aromatic carbocycles. The molecule has 1 aliphatic rings. The van der Waals surface area contributed by atoms with Crippen LogP contribution < -0.4 is 5.73 Å². The van der Waals surface area contributed by atoms with Crippen molar-refractivity contribution < 1.29 is 0 Å². The summed E-state index contributed by atoms with van der Waals surface area (Å²) in [6.07, 6.45) is 6.80. The molecule has 0 amide bonds. The predicted molar refractivity (Wildman–Crippen MR) is 72.8 cm³/mol. The molecular formula is C15H19N3. The smallest absolute Gasteiger partial charge is 0.0997 e. The van der Waals surface area contributed by atoms with Gasteiger partial charge in [-0.1, -0.05) is 12.1 Å². The zero-order chi connectivity index (χ0) is 12.5. The molecule has 0 spiro atoms. The summed E-state index contributed by atoms with van der Waals surface area (Å²) in [5.74, 6) is 0. The number of fused-ring (bicyclic) bond motifs is 1. The topological polar surface area (TPSA) is 43.8 Å². The maximum atomic E-state index is 5.68. The summed E-state index contributed by atoms with van der Waals surface area (Å²) in [6.45, 7) is 2.74. The molecule has 3 rings (SSSR count).